The predicted octanol–water partition coefficient (Wildman–Crippen LogP) is 2.03. The standard InChI is InChI=1S/C20H28N6O2/c1-2-3-9-26-15-22-17-18(21-14-16-7-5-4-6-8-16)23-20(24-19(17)26)25(10-12-27)11-13-28/h4-8,15,27-28H,2-3,9-14H2,1H3,(H,21,23,24). The Hall–Kier alpha value is -2.71. The molecule has 0 amide bonds. The minimum absolute atomic E-state index is 0.0384. The number of aryl methyl sites for hydroxylation is 1. The number of anilines is 2. The zero-order valence-electron chi connectivity index (χ0n) is 16.3. The van der Waals surface area contributed by atoms with Crippen LogP contribution in [0.2, 0.25) is 0 Å². The Morgan fingerprint density at radius 2 is 1.82 bits per heavy atom. The smallest absolute Gasteiger partial charge is 0.229 e. The minimum atomic E-state index is -0.0384. The van der Waals surface area contributed by atoms with Crippen LogP contribution in [-0.2, 0) is 13.1 Å². The predicted molar refractivity (Wildman–Crippen MR) is 110 cm³/mol. The summed E-state index contributed by atoms with van der Waals surface area (Å²) in [6.07, 6.45) is 3.92. The van der Waals surface area contributed by atoms with Crippen LogP contribution < -0.4 is 10.2 Å². The van der Waals surface area contributed by atoms with Gasteiger partial charge in [0.2, 0.25) is 5.95 Å². The monoisotopic (exact) mass is 384 g/mol. The molecule has 0 aliphatic heterocycles. The van der Waals surface area contributed by atoms with E-state index in [1.807, 2.05) is 22.8 Å². The van der Waals surface area contributed by atoms with Crippen LogP contribution in [0.3, 0.4) is 0 Å². The number of nitrogens with one attached hydrogen (secondary N) is 1. The second kappa shape index (κ2) is 10.0. The molecule has 2 heterocycles. The zero-order chi connectivity index (χ0) is 19.8. The molecule has 0 bridgehead atoms. The van der Waals surface area contributed by atoms with Gasteiger partial charge in [-0.3, -0.25) is 0 Å². The van der Waals surface area contributed by atoms with Crippen molar-refractivity contribution in [2.45, 2.75) is 32.9 Å². The Morgan fingerprint density at radius 3 is 2.50 bits per heavy atom. The van der Waals surface area contributed by atoms with Crippen molar-refractivity contribution in [2.75, 3.05) is 36.5 Å². The van der Waals surface area contributed by atoms with Gasteiger partial charge < -0.3 is 25.0 Å². The van der Waals surface area contributed by atoms with E-state index in [0.29, 0.717) is 31.4 Å². The fourth-order valence-electron chi connectivity index (χ4n) is 3.02. The van der Waals surface area contributed by atoms with E-state index in [4.69, 9.17) is 4.98 Å². The summed E-state index contributed by atoms with van der Waals surface area (Å²) in [5.74, 6) is 1.13. The summed E-state index contributed by atoms with van der Waals surface area (Å²) in [5, 5.41) is 22.1. The molecule has 0 atom stereocenters. The summed E-state index contributed by atoms with van der Waals surface area (Å²) >= 11 is 0. The van der Waals surface area contributed by atoms with Gasteiger partial charge in [0.1, 0.15) is 0 Å². The Bertz CT molecular complexity index is 862. The molecule has 3 aromatic rings. The average Bonchev–Trinajstić information content (AvgIpc) is 3.14. The van der Waals surface area contributed by atoms with E-state index >= 15 is 0 Å². The molecule has 1 aromatic carbocycles. The molecule has 0 fully saturated rings. The number of hydrogen-bond acceptors (Lipinski definition) is 7. The number of imidazole rings is 1. The van der Waals surface area contributed by atoms with Crippen molar-refractivity contribution in [2.24, 2.45) is 0 Å². The third-order valence-corrected chi connectivity index (χ3v) is 4.53. The zero-order valence-corrected chi connectivity index (χ0v) is 16.3. The topological polar surface area (TPSA) is 99.3 Å². The van der Waals surface area contributed by atoms with Gasteiger partial charge in [0.05, 0.1) is 19.5 Å². The highest BCUT2D eigenvalue weighted by atomic mass is 16.3. The lowest BCUT2D eigenvalue weighted by atomic mass is 10.2. The Kier molecular flexibility index (Phi) is 7.16. The van der Waals surface area contributed by atoms with Gasteiger partial charge in [0.25, 0.3) is 0 Å². The van der Waals surface area contributed by atoms with Crippen LogP contribution >= 0.6 is 0 Å². The molecule has 0 radical (unpaired) electrons. The van der Waals surface area contributed by atoms with Crippen molar-refractivity contribution in [3.8, 4) is 0 Å². The summed E-state index contributed by atoms with van der Waals surface area (Å²) in [7, 11) is 0. The SMILES string of the molecule is CCCCn1cnc2c(NCc3ccccc3)nc(N(CCO)CCO)nc21. The van der Waals surface area contributed by atoms with Gasteiger partial charge in [0.15, 0.2) is 17.0 Å². The highest BCUT2D eigenvalue weighted by Gasteiger charge is 2.17. The first kappa shape index (κ1) is 20.0. The van der Waals surface area contributed by atoms with Gasteiger partial charge in [-0.1, -0.05) is 43.7 Å². The number of fused-ring (bicyclic) bond motifs is 1. The summed E-state index contributed by atoms with van der Waals surface area (Å²) in [5.41, 5.74) is 2.63. The van der Waals surface area contributed by atoms with E-state index in [9.17, 15) is 10.2 Å². The molecule has 0 saturated carbocycles. The van der Waals surface area contributed by atoms with Crippen molar-refractivity contribution in [3.63, 3.8) is 0 Å². The third kappa shape index (κ3) is 4.76. The maximum atomic E-state index is 9.38. The molecule has 8 nitrogen and oxygen atoms in total. The Balaban J connectivity index is 1.97. The van der Waals surface area contributed by atoms with Crippen LogP contribution in [0.5, 0.6) is 0 Å². The molecular formula is C20H28N6O2. The van der Waals surface area contributed by atoms with Gasteiger partial charge >= 0.3 is 0 Å². The van der Waals surface area contributed by atoms with Gasteiger partial charge in [-0.25, -0.2) is 4.98 Å². The maximum Gasteiger partial charge on any atom is 0.229 e. The van der Waals surface area contributed by atoms with Crippen LogP contribution in [-0.4, -0.2) is 56.0 Å². The quantitative estimate of drug-likeness (QED) is 0.465. The molecule has 0 aliphatic rings. The lowest BCUT2D eigenvalue weighted by Crippen LogP contribution is -2.31. The molecule has 3 N–H and O–H groups in total. The van der Waals surface area contributed by atoms with Crippen molar-refractivity contribution >= 4 is 22.9 Å². The van der Waals surface area contributed by atoms with Crippen LogP contribution in [0.15, 0.2) is 36.7 Å². The van der Waals surface area contributed by atoms with Crippen molar-refractivity contribution < 1.29 is 10.2 Å². The van der Waals surface area contributed by atoms with Crippen LogP contribution in [0.25, 0.3) is 11.2 Å². The van der Waals surface area contributed by atoms with Crippen LogP contribution in [0, 0.1) is 0 Å². The lowest BCUT2D eigenvalue weighted by Gasteiger charge is -2.21. The largest absolute Gasteiger partial charge is 0.395 e. The summed E-state index contributed by atoms with van der Waals surface area (Å²) in [4.78, 5) is 15.7. The first-order valence-corrected chi connectivity index (χ1v) is 9.74. The highest BCUT2D eigenvalue weighted by Crippen LogP contribution is 2.23. The number of hydrogen-bond donors (Lipinski definition) is 3. The van der Waals surface area contributed by atoms with Crippen molar-refractivity contribution in [3.05, 3.63) is 42.2 Å². The summed E-state index contributed by atoms with van der Waals surface area (Å²) in [6.45, 7) is 4.24. The van der Waals surface area contributed by atoms with Gasteiger partial charge in [-0.2, -0.15) is 9.97 Å². The van der Waals surface area contributed by atoms with Crippen LogP contribution in [0.4, 0.5) is 11.8 Å². The number of aromatic nitrogens is 4. The molecule has 28 heavy (non-hydrogen) atoms. The Morgan fingerprint density at radius 1 is 1.07 bits per heavy atom. The van der Waals surface area contributed by atoms with E-state index in [2.05, 4.69) is 34.3 Å². The maximum absolute atomic E-state index is 9.38. The molecule has 8 heteroatoms. The lowest BCUT2D eigenvalue weighted by molar-refractivity contribution is 0.280. The third-order valence-electron chi connectivity index (χ3n) is 4.53. The molecule has 2 aromatic heterocycles. The number of nitrogens with zero attached hydrogens (tertiary/aromatic N) is 5. The number of aliphatic hydroxyl groups excluding tert-OH is 2. The average molecular weight is 384 g/mol. The Labute approximate surface area is 164 Å². The van der Waals surface area contributed by atoms with Crippen molar-refractivity contribution in [1.29, 1.82) is 0 Å². The van der Waals surface area contributed by atoms with Gasteiger partial charge in [-0.05, 0) is 12.0 Å². The summed E-state index contributed by atoms with van der Waals surface area (Å²) in [6, 6.07) is 10.1. The van der Waals surface area contributed by atoms with E-state index in [-0.39, 0.29) is 13.2 Å². The minimum Gasteiger partial charge on any atom is -0.395 e. The number of unbranched alkanes of at least 4 members (excludes halogenated alkanes) is 1. The first-order chi connectivity index (χ1) is 13.8. The number of benzene rings is 1. The first-order valence-electron chi connectivity index (χ1n) is 9.74. The summed E-state index contributed by atoms with van der Waals surface area (Å²) < 4.78 is 2.04. The molecule has 0 saturated heterocycles. The second-order valence-electron chi connectivity index (χ2n) is 6.61. The van der Waals surface area contributed by atoms with Crippen LogP contribution in [0.1, 0.15) is 25.3 Å². The van der Waals surface area contributed by atoms with Crippen molar-refractivity contribution in [1.82, 2.24) is 19.5 Å². The van der Waals surface area contributed by atoms with E-state index in [1.54, 1.807) is 11.2 Å². The molecule has 0 spiro atoms. The molecule has 0 unspecified atom stereocenters. The molecule has 0 aliphatic carbocycles. The van der Waals surface area contributed by atoms with E-state index < -0.39 is 0 Å². The fraction of sp³-hybridized carbons (Fsp3) is 0.450. The van der Waals surface area contributed by atoms with Gasteiger partial charge in [-0.15, -0.1) is 0 Å². The second-order valence-corrected chi connectivity index (χ2v) is 6.61. The molecule has 150 valence electrons. The fourth-order valence-corrected chi connectivity index (χ4v) is 3.02. The van der Waals surface area contributed by atoms with E-state index in [0.717, 1.165) is 36.1 Å². The number of aliphatic hydroxyl groups is 2. The van der Waals surface area contributed by atoms with E-state index in [1.165, 1.54) is 0 Å². The van der Waals surface area contributed by atoms with Gasteiger partial charge in [0, 0.05) is 26.2 Å². The molecule has 3 rings (SSSR count). The normalized spacial score (nSPS) is 11.1. The molecular weight excluding hydrogens is 356 g/mol. The highest BCUT2D eigenvalue weighted by molar-refractivity contribution is 5.84. The number of rotatable bonds is 11.